The molecule has 1 unspecified atom stereocenters. The molecule has 0 radical (unpaired) electrons. The van der Waals surface area contributed by atoms with Crippen molar-refractivity contribution < 1.29 is 4.74 Å². The van der Waals surface area contributed by atoms with Crippen molar-refractivity contribution in [3.63, 3.8) is 0 Å². The lowest BCUT2D eigenvalue weighted by molar-refractivity contribution is 0.301. The average molecular weight is 311 g/mol. The van der Waals surface area contributed by atoms with Gasteiger partial charge in [0.15, 0.2) is 0 Å². The van der Waals surface area contributed by atoms with Crippen LogP contribution in [0.25, 0.3) is 0 Å². The summed E-state index contributed by atoms with van der Waals surface area (Å²) in [6, 6.07) is 15.0. The molecule has 2 nitrogen and oxygen atoms in total. The monoisotopic (exact) mass is 311 g/mol. The third-order valence-electron chi connectivity index (χ3n) is 4.43. The molecule has 2 N–H and O–H groups in total. The molecule has 23 heavy (non-hydrogen) atoms. The third kappa shape index (κ3) is 5.11. The molecule has 0 aromatic heterocycles. The predicted octanol–water partition coefficient (Wildman–Crippen LogP) is 4.77. The first kappa shape index (κ1) is 17.6. The molecule has 0 bridgehead atoms. The van der Waals surface area contributed by atoms with Crippen molar-refractivity contribution in [3.8, 4) is 5.75 Å². The van der Waals surface area contributed by atoms with E-state index in [9.17, 15) is 0 Å². The van der Waals surface area contributed by atoms with Crippen LogP contribution in [0.2, 0.25) is 0 Å². The van der Waals surface area contributed by atoms with Crippen molar-refractivity contribution in [1.82, 2.24) is 0 Å². The lowest BCUT2D eigenvalue weighted by Gasteiger charge is -2.18. The summed E-state index contributed by atoms with van der Waals surface area (Å²) in [6.45, 7) is 7.91. The molecule has 2 heteroatoms. The van der Waals surface area contributed by atoms with Crippen LogP contribution in [0.1, 0.15) is 47.9 Å². The van der Waals surface area contributed by atoms with Gasteiger partial charge in [-0.1, -0.05) is 42.8 Å². The number of rotatable bonds is 8. The smallest absolute Gasteiger partial charge is 0.119 e. The molecule has 0 saturated heterocycles. The van der Waals surface area contributed by atoms with Crippen molar-refractivity contribution in [2.24, 2.45) is 5.73 Å². The molecule has 0 aliphatic rings. The SMILES string of the molecule is CCc1cccc(OCCCC(CN)c2cc(C)ccc2C)c1. The van der Waals surface area contributed by atoms with E-state index in [1.165, 1.54) is 22.3 Å². The predicted molar refractivity (Wildman–Crippen MR) is 98.3 cm³/mol. The van der Waals surface area contributed by atoms with Crippen molar-refractivity contribution in [1.29, 1.82) is 0 Å². The van der Waals surface area contributed by atoms with Gasteiger partial charge in [-0.15, -0.1) is 0 Å². The molecule has 0 spiro atoms. The number of benzene rings is 2. The fourth-order valence-electron chi connectivity index (χ4n) is 2.97. The highest BCUT2D eigenvalue weighted by atomic mass is 16.5. The van der Waals surface area contributed by atoms with Crippen LogP contribution >= 0.6 is 0 Å². The first-order valence-corrected chi connectivity index (χ1v) is 8.63. The van der Waals surface area contributed by atoms with Crippen LogP contribution in [0.15, 0.2) is 42.5 Å². The summed E-state index contributed by atoms with van der Waals surface area (Å²) in [4.78, 5) is 0. The van der Waals surface area contributed by atoms with E-state index >= 15 is 0 Å². The van der Waals surface area contributed by atoms with E-state index in [1.54, 1.807) is 0 Å². The first-order valence-electron chi connectivity index (χ1n) is 8.63. The summed E-state index contributed by atoms with van der Waals surface area (Å²) in [5, 5.41) is 0. The summed E-state index contributed by atoms with van der Waals surface area (Å²) in [7, 11) is 0. The molecule has 2 rings (SSSR count). The zero-order valence-electron chi connectivity index (χ0n) is 14.6. The molecular formula is C21H29NO. The highest BCUT2D eigenvalue weighted by molar-refractivity contribution is 5.33. The molecule has 2 aromatic rings. The largest absolute Gasteiger partial charge is 0.494 e. The number of nitrogens with two attached hydrogens (primary N) is 1. The molecule has 1 atom stereocenters. The van der Waals surface area contributed by atoms with Gasteiger partial charge in [-0.25, -0.2) is 0 Å². The van der Waals surface area contributed by atoms with Crippen LogP contribution in [0.4, 0.5) is 0 Å². The van der Waals surface area contributed by atoms with Gasteiger partial charge in [0.25, 0.3) is 0 Å². The van der Waals surface area contributed by atoms with E-state index in [-0.39, 0.29) is 0 Å². The van der Waals surface area contributed by atoms with Gasteiger partial charge in [0, 0.05) is 0 Å². The van der Waals surface area contributed by atoms with Gasteiger partial charge in [0.05, 0.1) is 6.61 Å². The second-order valence-electron chi connectivity index (χ2n) is 6.28. The Morgan fingerprint density at radius 1 is 1.09 bits per heavy atom. The highest BCUT2D eigenvalue weighted by Crippen LogP contribution is 2.25. The Morgan fingerprint density at radius 2 is 1.91 bits per heavy atom. The molecule has 0 fully saturated rings. The molecule has 0 heterocycles. The van der Waals surface area contributed by atoms with Gasteiger partial charge >= 0.3 is 0 Å². The normalized spacial score (nSPS) is 12.2. The molecular weight excluding hydrogens is 282 g/mol. The maximum atomic E-state index is 6.01. The van der Waals surface area contributed by atoms with E-state index in [0.717, 1.165) is 31.6 Å². The standard InChI is InChI=1S/C21H29NO/c1-4-18-7-5-9-20(14-18)23-12-6-8-19(15-22)21-13-16(2)10-11-17(21)3/h5,7,9-11,13-14,19H,4,6,8,12,15,22H2,1-3H3. The van der Waals surface area contributed by atoms with E-state index in [4.69, 9.17) is 10.5 Å². The van der Waals surface area contributed by atoms with Gasteiger partial charge < -0.3 is 10.5 Å². The number of hydrogen-bond donors (Lipinski definition) is 1. The minimum absolute atomic E-state index is 0.417. The average Bonchev–Trinajstić information content (AvgIpc) is 2.58. The van der Waals surface area contributed by atoms with E-state index in [1.807, 2.05) is 6.07 Å². The summed E-state index contributed by atoms with van der Waals surface area (Å²) in [6.07, 6.45) is 3.12. The number of ether oxygens (including phenoxy) is 1. The Kier molecular flexibility index (Phi) is 6.66. The van der Waals surface area contributed by atoms with Gasteiger partial charge in [-0.05, 0) is 74.4 Å². The molecule has 0 saturated carbocycles. The fourth-order valence-corrected chi connectivity index (χ4v) is 2.97. The lowest BCUT2D eigenvalue weighted by Crippen LogP contribution is -2.15. The Hall–Kier alpha value is -1.80. The quantitative estimate of drug-likeness (QED) is 0.713. The van der Waals surface area contributed by atoms with Gasteiger partial charge in [0.1, 0.15) is 5.75 Å². The highest BCUT2D eigenvalue weighted by Gasteiger charge is 2.12. The minimum atomic E-state index is 0.417. The van der Waals surface area contributed by atoms with Crippen LogP contribution in [0.3, 0.4) is 0 Å². The summed E-state index contributed by atoms with van der Waals surface area (Å²) in [5.41, 5.74) is 11.4. The Morgan fingerprint density at radius 3 is 2.65 bits per heavy atom. The van der Waals surface area contributed by atoms with Gasteiger partial charge in [0.2, 0.25) is 0 Å². The molecule has 0 aliphatic carbocycles. The Labute approximate surface area is 140 Å². The first-order chi connectivity index (χ1) is 11.1. The second kappa shape index (κ2) is 8.73. The van der Waals surface area contributed by atoms with Crippen molar-refractivity contribution >= 4 is 0 Å². The number of aryl methyl sites for hydroxylation is 3. The van der Waals surface area contributed by atoms with E-state index in [0.29, 0.717) is 12.5 Å². The zero-order chi connectivity index (χ0) is 16.7. The third-order valence-corrected chi connectivity index (χ3v) is 4.43. The minimum Gasteiger partial charge on any atom is -0.494 e. The molecule has 0 amide bonds. The van der Waals surface area contributed by atoms with Crippen LogP contribution in [0.5, 0.6) is 5.75 Å². The van der Waals surface area contributed by atoms with Gasteiger partial charge in [-0.3, -0.25) is 0 Å². The lowest BCUT2D eigenvalue weighted by atomic mass is 9.90. The van der Waals surface area contributed by atoms with Gasteiger partial charge in [-0.2, -0.15) is 0 Å². The van der Waals surface area contributed by atoms with Crippen molar-refractivity contribution in [2.45, 2.75) is 46.0 Å². The number of hydrogen-bond acceptors (Lipinski definition) is 2. The second-order valence-corrected chi connectivity index (χ2v) is 6.28. The van der Waals surface area contributed by atoms with Crippen molar-refractivity contribution in [2.75, 3.05) is 13.2 Å². The van der Waals surface area contributed by atoms with Crippen LogP contribution in [-0.2, 0) is 6.42 Å². The van der Waals surface area contributed by atoms with Crippen molar-refractivity contribution in [3.05, 3.63) is 64.7 Å². The summed E-state index contributed by atoms with van der Waals surface area (Å²) < 4.78 is 5.89. The maximum absolute atomic E-state index is 6.01. The van der Waals surface area contributed by atoms with Crippen LogP contribution in [0, 0.1) is 13.8 Å². The molecule has 2 aromatic carbocycles. The van der Waals surface area contributed by atoms with E-state index in [2.05, 4.69) is 57.2 Å². The topological polar surface area (TPSA) is 35.2 Å². The fraction of sp³-hybridized carbons (Fsp3) is 0.429. The van der Waals surface area contributed by atoms with Crippen LogP contribution in [-0.4, -0.2) is 13.2 Å². The summed E-state index contributed by atoms with van der Waals surface area (Å²) >= 11 is 0. The Balaban J connectivity index is 1.87. The molecule has 0 aliphatic heterocycles. The van der Waals surface area contributed by atoms with E-state index < -0.39 is 0 Å². The van der Waals surface area contributed by atoms with Crippen LogP contribution < -0.4 is 10.5 Å². The zero-order valence-corrected chi connectivity index (χ0v) is 14.6. The Bertz CT molecular complexity index is 621. The molecule has 124 valence electrons. The summed E-state index contributed by atoms with van der Waals surface area (Å²) in [5.74, 6) is 1.39. The maximum Gasteiger partial charge on any atom is 0.119 e.